The third kappa shape index (κ3) is 1.05. The lowest BCUT2D eigenvalue weighted by Crippen LogP contribution is -2.32. The molecule has 1 saturated heterocycles. The third-order valence-corrected chi connectivity index (χ3v) is 1.79. The average Bonchev–Trinajstić information content (AvgIpc) is 2.04. The summed E-state index contributed by atoms with van der Waals surface area (Å²) in [4.78, 5) is 10.9. The molecule has 0 bridgehead atoms. The van der Waals surface area contributed by atoms with Gasteiger partial charge in [0.15, 0.2) is 5.78 Å². The minimum Gasteiger partial charge on any atom is -0.358 e. The molecule has 2 nitrogen and oxygen atoms in total. The Morgan fingerprint density at radius 1 is 1.27 bits per heavy atom. The fourth-order valence-electron chi connectivity index (χ4n) is 1.14. The van der Waals surface area contributed by atoms with Gasteiger partial charge >= 0.3 is 0 Å². The van der Waals surface area contributed by atoms with Crippen LogP contribution < -0.4 is 0 Å². The SMILES string of the molecule is O=C1COC1c1ccccc1. The fourth-order valence-corrected chi connectivity index (χ4v) is 1.14. The molecule has 0 N–H and O–H groups in total. The molecule has 1 aliphatic heterocycles. The van der Waals surface area contributed by atoms with Gasteiger partial charge in [-0.05, 0) is 5.56 Å². The maximum atomic E-state index is 10.9. The van der Waals surface area contributed by atoms with Crippen LogP contribution in [0.2, 0.25) is 0 Å². The lowest BCUT2D eigenvalue weighted by molar-refractivity contribution is -0.155. The topological polar surface area (TPSA) is 26.3 Å². The molecule has 1 aliphatic rings. The van der Waals surface area contributed by atoms with Gasteiger partial charge in [-0.2, -0.15) is 0 Å². The van der Waals surface area contributed by atoms with Crippen molar-refractivity contribution in [3.05, 3.63) is 35.9 Å². The highest BCUT2D eigenvalue weighted by Gasteiger charge is 2.30. The summed E-state index contributed by atoms with van der Waals surface area (Å²) >= 11 is 0. The Kier molecular flexibility index (Phi) is 1.47. The van der Waals surface area contributed by atoms with E-state index in [9.17, 15) is 4.79 Å². The van der Waals surface area contributed by atoms with Gasteiger partial charge in [-0.15, -0.1) is 0 Å². The van der Waals surface area contributed by atoms with E-state index in [1.54, 1.807) is 0 Å². The van der Waals surface area contributed by atoms with Gasteiger partial charge in [0.05, 0.1) is 0 Å². The number of Topliss-reactive ketones (excluding diaryl/α,β-unsaturated/α-hetero) is 1. The molecular weight excluding hydrogens is 140 g/mol. The van der Waals surface area contributed by atoms with Crippen molar-refractivity contribution in [2.45, 2.75) is 6.10 Å². The van der Waals surface area contributed by atoms with Gasteiger partial charge in [-0.1, -0.05) is 30.3 Å². The van der Waals surface area contributed by atoms with Crippen LogP contribution in [0.3, 0.4) is 0 Å². The van der Waals surface area contributed by atoms with Crippen molar-refractivity contribution in [3.8, 4) is 0 Å². The van der Waals surface area contributed by atoms with Crippen LogP contribution in [0.1, 0.15) is 11.7 Å². The van der Waals surface area contributed by atoms with Crippen LogP contribution in [0, 0.1) is 0 Å². The van der Waals surface area contributed by atoms with Crippen molar-refractivity contribution in [1.82, 2.24) is 0 Å². The molecular formula is C9H8O2. The van der Waals surface area contributed by atoms with Crippen LogP contribution in [0.4, 0.5) is 0 Å². The van der Waals surface area contributed by atoms with Gasteiger partial charge in [0.25, 0.3) is 0 Å². The smallest absolute Gasteiger partial charge is 0.191 e. The number of rotatable bonds is 1. The first kappa shape index (κ1) is 6.55. The predicted molar refractivity (Wildman–Crippen MR) is 40.1 cm³/mol. The molecule has 0 spiro atoms. The van der Waals surface area contributed by atoms with Gasteiger partial charge in [0, 0.05) is 0 Å². The number of carbonyl (C=O) groups is 1. The van der Waals surface area contributed by atoms with Gasteiger partial charge in [0.1, 0.15) is 12.7 Å². The maximum Gasteiger partial charge on any atom is 0.191 e. The van der Waals surface area contributed by atoms with Crippen molar-refractivity contribution in [1.29, 1.82) is 0 Å². The van der Waals surface area contributed by atoms with Gasteiger partial charge < -0.3 is 4.74 Å². The van der Waals surface area contributed by atoms with E-state index in [2.05, 4.69) is 0 Å². The summed E-state index contributed by atoms with van der Waals surface area (Å²) in [5, 5.41) is 0. The van der Waals surface area contributed by atoms with Crippen LogP contribution in [-0.4, -0.2) is 12.4 Å². The summed E-state index contributed by atoms with van der Waals surface area (Å²) in [7, 11) is 0. The Bertz CT molecular complexity index is 266. The van der Waals surface area contributed by atoms with Crippen molar-refractivity contribution in [2.24, 2.45) is 0 Å². The monoisotopic (exact) mass is 148 g/mol. The third-order valence-electron chi connectivity index (χ3n) is 1.79. The van der Waals surface area contributed by atoms with Crippen molar-refractivity contribution in [3.63, 3.8) is 0 Å². The molecule has 0 radical (unpaired) electrons. The summed E-state index contributed by atoms with van der Waals surface area (Å²) in [5.41, 5.74) is 0.962. The van der Waals surface area contributed by atoms with Crippen LogP contribution >= 0.6 is 0 Å². The Morgan fingerprint density at radius 3 is 2.45 bits per heavy atom. The molecule has 2 rings (SSSR count). The van der Waals surface area contributed by atoms with E-state index in [1.165, 1.54) is 0 Å². The highest BCUT2D eigenvalue weighted by atomic mass is 16.5. The Labute approximate surface area is 64.8 Å². The van der Waals surface area contributed by atoms with E-state index in [-0.39, 0.29) is 18.5 Å². The van der Waals surface area contributed by atoms with Gasteiger partial charge in [-0.25, -0.2) is 0 Å². The quantitative estimate of drug-likeness (QED) is 0.600. The highest BCUT2D eigenvalue weighted by Crippen LogP contribution is 2.25. The van der Waals surface area contributed by atoms with Crippen LogP contribution in [0.15, 0.2) is 30.3 Å². The molecule has 1 aromatic rings. The number of ketones is 1. The van der Waals surface area contributed by atoms with Crippen molar-refractivity contribution in [2.75, 3.05) is 6.61 Å². The molecule has 1 atom stereocenters. The summed E-state index contributed by atoms with van der Waals surface area (Å²) in [6, 6.07) is 9.55. The second kappa shape index (κ2) is 2.47. The van der Waals surface area contributed by atoms with Crippen LogP contribution in [-0.2, 0) is 9.53 Å². The molecule has 0 amide bonds. The Balaban J connectivity index is 2.23. The normalized spacial score (nSPS) is 22.9. The largest absolute Gasteiger partial charge is 0.358 e. The molecule has 2 heteroatoms. The number of hydrogen-bond acceptors (Lipinski definition) is 2. The lowest BCUT2D eigenvalue weighted by Gasteiger charge is -2.24. The van der Waals surface area contributed by atoms with Gasteiger partial charge in [0.2, 0.25) is 0 Å². The summed E-state index contributed by atoms with van der Waals surface area (Å²) in [6.45, 7) is 0.277. The minimum absolute atomic E-state index is 0.177. The van der Waals surface area contributed by atoms with Crippen molar-refractivity contribution >= 4 is 5.78 Å². The Morgan fingerprint density at radius 2 is 2.00 bits per heavy atom. The van der Waals surface area contributed by atoms with Crippen LogP contribution in [0.5, 0.6) is 0 Å². The molecule has 0 aliphatic carbocycles. The second-order valence-electron chi connectivity index (χ2n) is 2.57. The minimum atomic E-state index is -0.281. The first-order valence-corrected chi connectivity index (χ1v) is 3.57. The van der Waals surface area contributed by atoms with Crippen LogP contribution in [0.25, 0.3) is 0 Å². The molecule has 0 saturated carbocycles. The van der Waals surface area contributed by atoms with E-state index >= 15 is 0 Å². The molecule has 11 heavy (non-hydrogen) atoms. The highest BCUT2D eigenvalue weighted by molar-refractivity contribution is 5.89. The molecule has 1 unspecified atom stereocenters. The fraction of sp³-hybridized carbons (Fsp3) is 0.222. The standard InChI is InChI=1S/C9H8O2/c10-8-6-11-9(8)7-4-2-1-3-5-7/h1-5,9H,6H2. The zero-order valence-corrected chi connectivity index (χ0v) is 5.99. The van der Waals surface area contributed by atoms with E-state index in [1.807, 2.05) is 30.3 Å². The van der Waals surface area contributed by atoms with E-state index < -0.39 is 0 Å². The zero-order chi connectivity index (χ0) is 7.68. The summed E-state index contributed by atoms with van der Waals surface area (Å²) < 4.78 is 5.08. The first-order valence-electron chi connectivity index (χ1n) is 3.57. The molecule has 0 aromatic heterocycles. The number of ether oxygens (including phenoxy) is 1. The molecule has 56 valence electrons. The van der Waals surface area contributed by atoms with Gasteiger partial charge in [-0.3, -0.25) is 4.79 Å². The first-order chi connectivity index (χ1) is 5.38. The summed E-state index contributed by atoms with van der Waals surface area (Å²) in [6.07, 6.45) is -0.281. The lowest BCUT2D eigenvalue weighted by atomic mass is 10.0. The number of carbonyl (C=O) groups excluding carboxylic acids is 1. The predicted octanol–water partition coefficient (Wildman–Crippen LogP) is 1.33. The molecule has 1 fully saturated rings. The molecule has 1 aromatic carbocycles. The zero-order valence-electron chi connectivity index (χ0n) is 5.99. The molecule has 1 heterocycles. The van der Waals surface area contributed by atoms with E-state index in [0.717, 1.165) is 5.56 Å². The Hall–Kier alpha value is -1.15. The average molecular weight is 148 g/mol. The van der Waals surface area contributed by atoms with Crippen molar-refractivity contribution < 1.29 is 9.53 Å². The summed E-state index contributed by atoms with van der Waals surface area (Å²) in [5.74, 6) is 0.177. The van der Waals surface area contributed by atoms with E-state index in [0.29, 0.717) is 0 Å². The maximum absolute atomic E-state index is 10.9. The number of benzene rings is 1. The number of hydrogen-bond donors (Lipinski definition) is 0. The second-order valence-corrected chi connectivity index (χ2v) is 2.57. The van der Waals surface area contributed by atoms with E-state index in [4.69, 9.17) is 4.74 Å².